The third kappa shape index (κ3) is 2.58. The molecule has 0 saturated heterocycles. The van der Waals surface area contributed by atoms with Crippen LogP contribution in [0.3, 0.4) is 0 Å². The van der Waals surface area contributed by atoms with Gasteiger partial charge in [0.1, 0.15) is 5.78 Å². The minimum atomic E-state index is 0.212. The lowest BCUT2D eigenvalue weighted by atomic mass is 9.51. The third-order valence-corrected chi connectivity index (χ3v) is 5.50. The van der Waals surface area contributed by atoms with Gasteiger partial charge in [0.05, 0.1) is 0 Å². The molecule has 0 aromatic heterocycles. The van der Waals surface area contributed by atoms with Crippen molar-refractivity contribution in [1.82, 2.24) is 0 Å². The predicted molar refractivity (Wildman–Crippen MR) is 74.0 cm³/mol. The lowest BCUT2D eigenvalue weighted by Crippen LogP contribution is -2.47. The summed E-state index contributed by atoms with van der Waals surface area (Å²) in [5, 5.41) is 0. The normalized spacial score (nSPS) is 34.4. The fourth-order valence-corrected chi connectivity index (χ4v) is 4.38. The molecule has 0 spiro atoms. The van der Waals surface area contributed by atoms with Crippen molar-refractivity contribution in [3.8, 4) is 0 Å². The van der Waals surface area contributed by atoms with Crippen LogP contribution in [-0.4, -0.2) is 5.78 Å². The fourth-order valence-electron chi connectivity index (χ4n) is 4.38. The van der Waals surface area contributed by atoms with Gasteiger partial charge >= 0.3 is 0 Å². The Balaban J connectivity index is 3.02. The molecule has 17 heavy (non-hydrogen) atoms. The van der Waals surface area contributed by atoms with Gasteiger partial charge in [-0.2, -0.15) is 0 Å². The van der Waals surface area contributed by atoms with E-state index in [-0.39, 0.29) is 11.3 Å². The van der Waals surface area contributed by atoms with Gasteiger partial charge in [-0.05, 0) is 29.6 Å². The molecule has 3 unspecified atom stereocenters. The van der Waals surface area contributed by atoms with Gasteiger partial charge in [0.25, 0.3) is 0 Å². The Hall–Kier alpha value is -0.330. The van der Waals surface area contributed by atoms with Crippen LogP contribution < -0.4 is 0 Å². The lowest BCUT2D eigenvalue weighted by Gasteiger charge is -2.53. The Morgan fingerprint density at radius 2 is 1.82 bits per heavy atom. The van der Waals surface area contributed by atoms with Crippen LogP contribution in [0, 0.1) is 22.7 Å². The number of carbonyl (C=O) groups is 1. The molecule has 0 radical (unpaired) electrons. The summed E-state index contributed by atoms with van der Waals surface area (Å²) < 4.78 is 0. The second-order valence-electron chi connectivity index (χ2n) is 6.85. The number of carbonyl (C=O) groups excluding carboxylic acids is 1. The van der Waals surface area contributed by atoms with Crippen molar-refractivity contribution in [3.05, 3.63) is 0 Å². The molecule has 1 aliphatic rings. The monoisotopic (exact) mass is 238 g/mol. The van der Waals surface area contributed by atoms with E-state index in [1.807, 2.05) is 6.92 Å². The largest absolute Gasteiger partial charge is 0.299 e. The van der Waals surface area contributed by atoms with Gasteiger partial charge in [0.15, 0.2) is 0 Å². The Bertz CT molecular complexity index is 279. The molecule has 3 atom stereocenters. The van der Waals surface area contributed by atoms with Crippen molar-refractivity contribution in [3.63, 3.8) is 0 Å². The van der Waals surface area contributed by atoms with Crippen LogP contribution in [0.2, 0.25) is 0 Å². The number of Topliss-reactive ketones (excluding diaryl/α,β-unsaturated/α-hetero) is 1. The van der Waals surface area contributed by atoms with Gasteiger partial charge in [-0.15, -0.1) is 0 Å². The van der Waals surface area contributed by atoms with E-state index in [1.54, 1.807) is 0 Å². The van der Waals surface area contributed by atoms with E-state index >= 15 is 0 Å². The van der Waals surface area contributed by atoms with Gasteiger partial charge in [-0.3, -0.25) is 4.79 Å². The first-order valence-corrected chi connectivity index (χ1v) is 7.32. The second-order valence-corrected chi connectivity index (χ2v) is 6.85. The molecule has 1 saturated carbocycles. The van der Waals surface area contributed by atoms with Crippen molar-refractivity contribution in [2.24, 2.45) is 22.7 Å². The van der Waals surface area contributed by atoms with E-state index < -0.39 is 0 Å². The van der Waals surface area contributed by atoms with Crippen molar-refractivity contribution in [2.75, 3.05) is 0 Å². The van der Waals surface area contributed by atoms with Crippen molar-refractivity contribution in [2.45, 2.75) is 73.6 Å². The molecule has 0 aliphatic heterocycles. The van der Waals surface area contributed by atoms with Crippen LogP contribution in [0.4, 0.5) is 0 Å². The fraction of sp³-hybridized carbons (Fsp3) is 0.938. The second kappa shape index (κ2) is 5.12. The molecule has 1 heteroatoms. The zero-order valence-electron chi connectivity index (χ0n) is 12.6. The molecule has 0 N–H and O–H groups in total. The molecule has 0 bridgehead atoms. The molecular weight excluding hydrogens is 208 g/mol. The number of hydrogen-bond donors (Lipinski definition) is 0. The maximum absolute atomic E-state index is 12.1. The first-order valence-electron chi connectivity index (χ1n) is 7.32. The molecule has 1 nitrogen and oxygen atoms in total. The summed E-state index contributed by atoms with van der Waals surface area (Å²) in [5.74, 6) is 1.34. The molecule has 0 aromatic rings. The highest BCUT2D eigenvalue weighted by Crippen LogP contribution is 2.56. The first kappa shape index (κ1) is 14.7. The van der Waals surface area contributed by atoms with E-state index in [0.29, 0.717) is 23.5 Å². The number of hydrogen-bond acceptors (Lipinski definition) is 1. The molecule has 0 aromatic carbocycles. The first-order chi connectivity index (χ1) is 7.79. The maximum Gasteiger partial charge on any atom is 0.135 e. The summed E-state index contributed by atoms with van der Waals surface area (Å²) in [6, 6.07) is 0. The molecule has 1 fully saturated rings. The highest BCUT2D eigenvalue weighted by molar-refractivity contribution is 5.81. The molecule has 0 amide bonds. The zero-order valence-corrected chi connectivity index (χ0v) is 12.6. The predicted octanol–water partition coefficient (Wildman–Crippen LogP) is 4.84. The Kier molecular flexibility index (Phi) is 4.43. The maximum atomic E-state index is 12.1. The van der Waals surface area contributed by atoms with Gasteiger partial charge in [-0.25, -0.2) is 0 Å². The van der Waals surface area contributed by atoms with Crippen LogP contribution in [0.1, 0.15) is 73.6 Å². The molecule has 1 rings (SSSR count). The van der Waals surface area contributed by atoms with Gasteiger partial charge in [0.2, 0.25) is 0 Å². The Labute approximate surface area is 107 Å². The van der Waals surface area contributed by atoms with Crippen molar-refractivity contribution in [1.29, 1.82) is 0 Å². The summed E-state index contributed by atoms with van der Waals surface area (Å²) in [7, 11) is 0. The van der Waals surface area contributed by atoms with Crippen molar-refractivity contribution < 1.29 is 4.79 Å². The van der Waals surface area contributed by atoms with E-state index in [2.05, 4.69) is 34.6 Å². The minimum absolute atomic E-state index is 0.212. The highest BCUT2D eigenvalue weighted by atomic mass is 16.1. The van der Waals surface area contributed by atoms with Crippen LogP contribution in [-0.2, 0) is 4.79 Å². The number of rotatable bonds is 4. The highest BCUT2D eigenvalue weighted by Gasteiger charge is 2.49. The van der Waals surface area contributed by atoms with E-state index in [9.17, 15) is 4.79 Å². The van der Waals surface area contributed by atoms with Crippen LogP contribution in [0.15, 0.2) is 0 Å². The smallest absolute Gasteiger partial charge is 0.135 e. The quantitative estimate of drug-likeness (QED) is 0.684. The zero-order chi connectivity index (χ0) is 13.3. The third-order valence-electron chi connectivity index (χ3n) is 5.50. The lowest BCUT2D eigenvalue weighted by molar-refractivity contribution is -0.132. The standard InChI is InChI=1S/C16H30O/c1-7-13(17)12(3)16(6)11-9-10-15(4,5)14(16)8-2/h12,14H,7-11H2,1-6H3. The summed E-state index contributed by atoms with van der Waals surface area (Å²) in [5.41, 5.74) is 0.605. The van der Waals surface area contributed by atoms with Gasteiger partial charge in [0, 0.05) is 12.3 Å². The van der Waals surface area contributed by atoms with E-state index in [1.165, 1.54) is 25.7 Å². The Morgan fingerprint density at radius 3 is 2.29 bits per heavy atom. The van der Waals surface area contributed by atoms with Crippen LogP contribution in [0.5, 0.6) is 0 Å². The van der Waals surface area contributed by atoms with E-state index in [4.69, 9.17) is 0 Å². The Morgan fingerprint density at radius 1 is 1.24 bits per heavy atom. The molecule has 0 heterocycles. The summed E-state index contributed by atoms with van der Waals surface area (Å²) in [6.07, 6.45) is 5.70. The topological polar surface area (TPSA) is 17.1 Å². The van der Waals surface area contributed by atoms with Crippen LogP contribution in [0.25, 0.3) is 0 Å². The summed E-state index contributed by atoms with van der Waals surface area (Å²) in [4.78, 5) is 12.1. The average molecular weight is 238 g/mol. The van der Waals surface area contributed by atoms with Gasteiger partial charge in [-0.1, -0.05) is 54.4 Å². The number of ketones is 1. The SMILES string of the molecule is CCC(=O)C(C)C1(C)CCCC(C)(C)C1CC. The minimum Gasteiger partial charge on any atom is -0.299 e. The molecule has 1 aliphatic carbocycles. The van der Waals surface area contributed by atoms with Gasteiger partial charge < -0.3 is 0 Å². The average Bonchev–Trinajstić information content (AvgIpc) is 2.26. The van der Waals surface area contributed by atoms with Crippen molar-refractivity contribution >= 4 is 5.78 Å². The molecular formula is C16H30O. The van der Waals surface area contributed by atoms with Crippen LogP contribution >= 0.6 is 0 Å². The summed E-state index contributed by atoms with van der Waals surface area (Å²) in [6.45, 7) is 13.6. The van der Waals surface area contributed by atoms with E-state index in [0.717, 1.165) is 0 Å². The molecule has 100 valence electrons. The summed E-state index contributed by atoms with van der Waals surface area (Å²) >= 11 is 0.